The standard InChI is InChI=1S/C11H11N5/c12-4-2-6-14-11-15-7-9(8-16-11)10-3-1-5-13-10/h1,3,5,7-8,13H,2,6H2,(H,14,15,16). The van der Waals surface area contributed by atoms with Crippen LogP contribution in [0.25, 0.3) is 11.3 Å². The molecule has 0 saturated heterocycles. The predicted octanol–water partition coefficient (Wildman–Crippen LogP) is 1.80. The molecule has 0 atom stereocenters. The summed E-state index contributed by atoms with van der Waals surface area (Å²) >= 11 is 0. The van der Waals surface area contributed by atoms with Crippen molar-refractivity contribution in [2.75, 3.05) is 11.9 Å². The van der Waals surface area contributed by atoms with Crippen LogP contribution in [0.2, 0.25) is 0 Å². The second-order valence-electron chi connectivity index (χ2n) is 3.21. The summed E-state index contributed by atoms with van der Waals surface area (Å²) in [6.07, 6.45) is 5.79. The van der Waals surface area contributed by atoms with Gasteiger partial charge in [0.15, 0.2) is 0 Å². The third-order valence-electron chi connectivity index (χ3n) is 2.08. The van der Waals surface area contributed by atoms with Gasteiger partial charge in [-0.1, -0.05) is 0 Å². The fourth-order valence-corrected chi connectivity index (χ4v) is 1.30. The Bertz CT molecular complexity index is 466. The molecule has 0 fully saturated rings. The van der Waals surface area contributed by atoms with E-state index < -0.39 is 0 Å². The van der Waals surface area contributed by atoms with Crippen LogP contribution in [0.15, 0.2) is 30.7 Å². The predicted molar refractivity (Wildman–Crippen MR) is 60.5 cm³/mol. The van der Waals surface area contributed by atoms with Gasteiger partial charge in [-0.15, -0.1) is 0 Å². The van der Waals surface area contributed by atoms with Gasteiger partial charge in [0, 0.05) is 36.4 Å². The Labute approximate surface area is 93.2 Å². The number of aromatic amines is 1. The lowest BCUT2D eigenvalue weighted by atomic mass is 10.2. The molecule has 0 unspecified atom stereocenters. The van der Waals surface area contributed by atoms with Gasteiger partial charge in [-0.25, -0.2) is 9.97 Å². The molecule has 2 heterocycles. The molecule has 0 aliphatic heterocycles. The number of anilines is 1. The van der Waals surface area contributed by atoms with Crippen LogP contribution in [0.4, 0.5) is 5.95 Å². The first-order valence-corrected chi connectivity index (χ1v) is 4.97. The number of aromatic nitrogens is 3. The van der Waals surface area contributed by atoms with Gasteiger partial charge in [0.05, 0.1) is 12.5 Å². The Morgan fingerprint density at radius 3 is 2.81 bits per heavy atom. The Morgan fingerprint density at radius 1 is 1.38 bits per heavy atom. The summed E-state index contributed by atoms with van der Waals surface area (Å²) in [4.78, 5) is 11.4. The number of nitrogens with zero attached hydrogens (tertiary/aromatic N) is 3. The lowest BCUT2D eigenvalue weighted by Crippen LogP contribution is -2.04. The highest BCUT2D eigenvalue weighted by molar-refractivity contribution is 5.57. The molecule has 0 aromatic carbocycles. The topological polar surface area (TPSA) is 77.4 Å². The van der Waals surface area contributed by atoms with Crippen molar-refractivity contribution in [1.29, 1.82) is 5.26 Å². The van der Waals surface area contributed by atoms with Gasteiger partial charge in [0.25, 0.3) is 0 Å². The van der Waals surface area contributed by atoms with Crippen LogP contribution >= 0.6 is 0 Å². The molecule has 2 rings (SSSR count). The van der Waals surface area contributed by atoms with Crippen LogP contribution in [0.1, 0.15) is 6.42 Å². The monoisotopic (exact) mass is 213 g/mol. The molecular formula is C11H11N5. The number of hydrogen-bond acceptors (Lipinski definition) is 4. The molecule has 5 nitrogen and oxygen atoms in total. The fourth-order valence-electron chi connectivity index (χ4n) is 1.30. The highest BCUT2D eigenvalue weighted by Gasteiger charge is 1.99. The average Bonchev–Trinajstić information content (AvgIpc) is 2.84. The summed E-state index contributed by atoms with van der Waals surface area (Å²) in [6, 6.07) is 5.93. The van der Waals surface area contributed by atoms with E-state index in [9.17, 15) is 0 Å². The van der Waals surface area contributed by atoms with Crippen LogP contribution in [-0.2, 0) is 0 Å². The van der Waals surface area contributed by atoms with Crippen molar-refractivity contribution < 1.29 is 0 Å². The first-order chi connectivity index (χ1) is 7.90. The zero-order valence-electron chi connectivity index (χ0n) is 8.64. The molecule has 0 amide bonds. The number of hydrogen-bond donors (Lipinski definition) is 2. The number of rotatable bonds is 4. The van der Waals surface area contributed by atoms with Gasteiger partial charge in [0.1, 0.15) is 0 Å². The molecule has 0 radical (unpaired) electrons. The quantitative estimate of drug-likeness (QED) is 0.759. The molecule has 0 bridgehead atoms. The summed E-state index contributed by atoms with van der Waals surface area (Å²) in [7, 11) is 0. The van der Waals surface area contributed by atoms with E-state index in [4.69, 9.17) is 5.26 Å². The Kier molecular flexibility index (Phi) is 3.14. The van der Waals surface area contributed by atoms with Crippen LogP contribution < -0.4 is 5.32 Å². The normalized spacial score (nSPS) is 9.69. The lowest BCUT2D eigenvalue weighted by molar-refractivity contribution is 1.02. The maximum absolute atomic E-state index is 8.38. The van der Waals surface area contributed by atoms with Crippen molar-refractivity contribution >= 4 is 5.95 Å². The van der Waals surface area contributed by atoms with Gasteiger partial charge < -0.3 is 10.3 Å². The van der Waals surface area contributed by atoms with Crippen LogP contribution in [0.3, 0.4) is 0 Å². The molecule has 16 heavy (non-hydrogen) atoms. The first-order valence-electron chi connectivity index (χ1n) is 4.97. The average molecular weight is 213 g/mol. The summed E-state index contributed by atoms with van der Waals surface area (Å²) in [5.41, 5.74) is 1.93. The van der Waals surface area contributed by atoms with Gasteiger partial charge >= 0.3 is 0 Å². The molecule has 0 aliphatic rings. The molecule has 2 N–H and O–H groups in total. The van der Waals surface area contributed by atoms with Gasteiger partial charge in [0.2, 0.25) is 5.95 Å². The van der Waals surface area contributed by atoms with E-state index >= 15 is 0 Å². The van der Waals surface area contributed by atoms with Crippen molar-refractivity contribution in [3.63, 3.8) is 0 Å². The second-order valence-corrected chi connectivity index (χ2v) is 3.21. The van der Waals surface area contributed by atoms with Gasteiger partial charge in [-0.3, -0.25) is 0 Å². The first kappa shape index (κ1) is 10.2. The van der Waals surface area contributed by atoms with Crippen molar-refractivity contribution in [2.24, 2.45) is 0 Å². The Balaban J connectivity index is 2.03. The van der Waals surface area contributed by atoms with E-state index in [2.05, 4.69) is 20.3 Å². The minimum absolute atomic E-state index is 0.446. The van der Waals surface area contributed by atoms with E-state index in [-0.39, 0.29) is 0 Å². The maximum atomic E-state index is 8.38. The third kappa shape index (κ3) is 2.36. The molecule has 0 spiro atoms. The smallest absolute Gasteiger partial charge is 0.222 e. The zero-order chi connectivity index (χ0) is 11.2. The van der Waals surface area contributed by atoms with Crippen LogP contribution in [0.5, 0.6) is 0 Å². The van der Waals surface area contributed by atoms with Crippen molar-refractivity contribution in [3.8, 4) is 17.3 Å². The summed E-state index contributed by atoms with van der Waals surface area (Å²) in [5.74, 6) is 0.547. The Hall–Kier alpha value is -2.35. The molecule has 2 aromatic heterocycles. The second kappa shape index (κ2) is 4.94. The van der Waals surface area contributed by atoms with Crippen LogP contribution in [-0.4, -0.2) is 21.5 Å². The molecule has 0 saturated carbocycles. The van der Waals surface area contributed by atoms with E-state index in [1.807, 2.05) is 24.4 Å². The minimum atomic E-state index is 0.446. The van der Waals surface area contributed by atoms with Crippen molar-refractivity contribution in [2.45, 2.75) is 6.42 Å². The van der Waals surface area contributed by atoms with E-state index in [1.165, 1.54) is 0 Å². The summed E-state index contributed by atoms with van der Waals surface area (Å²) in [6.45, 7) is 0.568. The molecule has 5 heteroatoms. The zero-order valence-corrected chi connectivity index (χ0v) is 8.64. The van der Waals surface area contributed by atoms with Crippen molar-refractivity contribution in [1.82, 2.24) is 15.0 Å². The Morgan fingerprint density at radius 2 is 2.19 bits per heavy atom. The number of H-pyrrole nitrogens is 1. The highest BCUT2D eigenvalue weighted by Crippen LogP contribution is 2.14. The molecular weight excluding hydrogens is 202 g/mol. The van der Waals surface area contributed by atoms with E-state index in [1.54, 1.807) is 12.4 Å². The third-order valence-corrected chi connectivity index (χ3v) is 2.08. The van der Waals surface area contributed by atoms with E-state index in [0.717, 1.165) is 11.3 Å². The maximum Gasteiger partial charge on any atom is 0.222 e. The van der Waals surface area contributed by atoms with Crippen molar-refractivity contribution in [3.05, 3.63) is 30.7 Å². The largest absolute Gasteiger partial charge is 0.361 e. The van der Waals surface area contributed by atoms with Gasteiger partial charge in [-0.05, 0) is 12.1 Å². The van der Waals surface area contributed by atoms with Gasteiger partial charge in [-0.2, -0.15) is 5.26 Å². The van der Waals surface area contributed by atoms with Crippen LogP contribution in [0, 0.1) is 11.3 Å². The fraction of sp³-hybridized carbons (Fsp3) is 0.182. The SMILES string of the molecule is N#CCCNc1ncc(-c2ccc[nH]2)cn1. The molecule has 2 aromatic rings. The lowest BCUT2D eigenvalue weighted by Gasteiger charge is -2.02. The molecule has 80 valence electrons. The number of nitrogens with one attached hydrogen (secondary N) is 2. The minimum Gasteiger partial charge on any atom is -0.361 e. The summed E-state index contributed by atoms with van der Waals surface area (Å²) < 4.78 is 0. The number of nitriles is 1. The van der Waals surface area contributed by atoms with E-state index in [0.29, 0.717) is 18.9 Å². The highest BCUT2D eigenvalue weighted by atomic mass is 15.1. The molecule has 0 aliphatic carbocycles. The summed E-state index contributed by atoms with van der Waals surface area (Å²) in [5, 5.41) is 11.3.